The summed E-state index contributed by atoms with van der Waals surface area (Å²) >= 11 is 11.7. The third kappa shape index (κ3) is 1.85. The van der Waals surface area contributed by atoms with Crippen LogP contribution in [-0.2, 0) is 0 Å². The summed E-state index contributed by atoms with van der Waals surface area (Å²) in [4.78, 5) is 0. The smallest absolute Gasteiger partial charge is 0.185 e. The molecule has 0 spiro atoms. The van der Waals surface area contributed by atoms with Gasteiger partial charge < -0.3 is 0 Å². The van der Waals surface area contributed by atoms with Gasteiger partial charge in [-0.3, -0.25) is 0 Å². The van der Waals surface area contributed by atoms with Crippen LogP contribution < -0.4 is 0 Å². The summed E-state index contributed by atoms with van der Waals surface area (Å²) in [6, 6.07) is 10.8. The molecule has 0 aliphatic rings. The Hall–Kier alpha value is -1.65. The highest BCUT2D eigenvalue weighted by molar-refractivity contribution is 6.30. The van der Waals surface area contributed by atoms with Gasteiger partial charge in [0.05, 0.1) is 0 Å². The SMILES string of the molecule is Clc1ccc(-c2nnc3ccc(Cl)nn23)cc1. The lowest BCUT2D eigenvalue weighted by Crippen LogP contribution is -1.94. The van der Waals surface area contributed by atoms with Gasteiger partial charge >= 0.3 is 0 Å². The van der Waals surface area contributed by atoms with Crippen molar-refractivity contribution in [1.82, 2.24) is 19.8 Å². The lowest BCUT2D eigenvalue weighted by Gasteiger charge is -1.99. The first-order chi connectivity index (χ1) is 8.24. The van der Waals surface area contributed by atoms with Crippen LogP contribution in [0.3, 0.4) is 0 Å². The van der Waals surface area contributed by atoms with Crippen molar-refractivity contribution in [3.05, 3.63) is 46.6 Å². The molecule has 0 unspecified atom stereocenters. The maximum atomic E-state index is 5.85. The van der Waals surface area contributed by atoms with Crippen molar-refractivity contribution in [3.8, 4) is 11.4 Å². The van der Waals surface area contributed by atoms with E-state index in [0.717, 1.165) is 5.56 Å². The number of aromatic nitrogens is 4. The zero-order valence-corrected chi connectivity index (χ0v) is 10.0. The van der Waals surface area contributed by atoms with E-state index in [-0.39, 0.29) is 0 Å². The van der Waals surface area contributed by atoms with Crippen LogP contribution in [0.25, 0.3) is 17.0 Å². The summed E-state index contributed by atoms with van der Waals surface area (Å²) < 4.78 is 1.60. The highest BCUT2D eigenvalue weighted by Crippen LogP contribution is 2.20. The second-order valence-corrected chi connectivity index (χ2v) is 4.28. The molecule has 84 valence electrons. The molecule has 4 nitrogen and oxygen atoms in total. The quantitative estimate of drug-likeness (QED) is 0.679. The van der Waals surface area contributed by atoms with Crippen molar-refractivity contribution in [1.29, 1.82) is 0 Å². The molecule has 17 heavy (non-hydrogen) atoms. The van der Waals surface area contributed by atoms with E-state index in [0.29, 0.717) is 21.6 Å². The third-order valence-electron chi connectivity index (χ3n) is 2.33. The molecule has 0 bridgehead atoms. The normalized spacial score (nSPS) is 10.9. The van der Waals surface area contributed by atoms with E-state index in [2.05, 4.69) is 15.3 Å². The highest BCUT2D eigenvalue weighted by Gasteiger charge is 2.09. The Morgan fingerprint density at radius 2 is 1.65 bits per heavy atom. The van der Waals surface area contributed by atoms with E-state index in [1.807, 2.05) is 12.1 Å². The first-order valence-electron chi connectivity index (χ1n) is 4.88. The lowest BCUT2D eigenvalue weighted by atomic mass is 10.2. The number of nitrogens with zero attached hydrogens (tertiary/aromatic N) is 4. The Labute approximate surface area is 107 Å². The Morgan fingerprint density at radius 1 is 0.882 bits per heavy atom. The summed E-state index contributed by atoms with van der Waals surface area (Å²) in [5.41, 5.74) is 1.54. The molecule has 0 fully saturated rings. The predicted octanol–water partition coefficient (Wildman–Crippen LogP) is 3.10. The van der Waals surface area contributed by atoms with Gasteiger partial charge in [-0.2, -0.15) is 9.61 Å². The standard InChI is InChI=1S/C11H6Cl2N4/c12-8-3-1-7(2-4-8)11-15-14-10-6-5-9(13)16-17(10)11/h1-6H. The van der Waals surface area contributed by atoms with Crippen molar-refractivity contribution >= 4 is 28.8 Å². The monoisotopic (exact) mass is 264 g/mol. The van der Waals surface area contributed by atoms with E-state index in [4.69, 9.17) is 23.2 Å². The molecule has 2 heterocycles. The third-order valence-corrected chi connectivity index (χ3v) is 2.79. The number of rotatable bonds is 1. The first-order valence-corrected chi connectivity index (χ1v) is 5.63. The molecular weight excluding hydrogens is 259 g/mol. The fourth-order valence-electron chi connectivity index (χ4n) is 1.55. The van der Waals surface area contributed by atoms with Crippen LogP contribution in [0.1, 0.15) is 0 Å². The summed E-state index contributed by atoms with van der Waals surface area (Å²) in [6.45, 7) is 0. The van der Waals surface area contributed by atoms with Crippen molar-refractivity contribution in [2.45, 2.75) is 0 Å². The molecule has 0 N–H and O–H groups in total. The molecule has 0 saturated heterocycles. The van der Waals surface area contributed by atoms with Gasteiger partial charge in [0.1, 0.15) is 5.15 Å². The topological polar surface area (TPSA) is 43.1 Å². The van der Waals surface area contributed by atoms with Crippen LogP contribution in [-0.4, -0.2) is 19.8 Å². The van der Waals surface area contributed by atoms with Gasteiger partial charge in [-0.25, -0.2) is 0 Å². The Morgan fingerprint density at radius 3 is 2.41 bits per heavy atom. The molecule has 6 heteroatoms. The molecule has 2 aromatic heterocycles. The second kappa shape index (κ2) is 3.98. The lowest BCUT2D eigenvalue weighted by molar-refractivity contribution is 0.936. The molecule has 0 aliphatic heterocycles. The average molecular weight is 265 g/mol. The van der Waals surface area contributed by atoms with Crippen molar-refractivity contribution in [2.24, 2.45) is 0 Å². The van der Waals surface area contributed by atoms with Crippen LogP contribution in [0, 0.1) is 0 Å². The molecule has 0 aliphatic carbocycles. The van der Waals surface area contributed by atoms with E-state index in [1.165, 1.54) is 0 Å². The first kappa shape index (κ1) is 10.5. The Balaban J connectivity index is 2.23. The van der Waals surface area contributed by atoms with Crippen molar-refractivity contribution in [2.75, 3.05) is 0 Å². The highest BCUT2D eigenvalue weighted by atomic mass is 35.5. The molecule has 3 aromatic rings. The van der Waals surface area contributed by atoms with Gasteiger partial charge in [0.15, 0.2) is 11.5 Å². The number of benzene rings is 1. The molecular formula is C11H6Cl2N4. The van der Waals surface area contributed by atoms with E-state index < -0.39 is 0 Å². The summed E-state index contributed by atoms with van der Waals surface area (Å²) in [5, 5.41) is 13.3. The number of hydrogen-bond donors (Lipinski definition) is 0. The number of fused-ring (bicyclic) bond motifs is 1. The van der Waals surface area contributed by atoms with Crippen molar-refractivity contribution < 1.29 is 0 Å². The maximum Gasteiger partial charge on any atom is 0.185 e. The molecule has 0 radical (unpaired) electrons. The van der Waals surface area contributed by atoms with Crippen LogP contribution in [0.5, 0.6) is 0 Å². The van der Waals surface area contributed by atoms with Crippen LogP contribution in [0.15, 0.2) is 36.4 Å². The Kier molecular flexibility index (Phi) is 2.46. The largest absolute Gasteiger partial charge is 0.191 e. The van der Waals surface area contributed by atoms with Gasteiger partial charge in [0.2, 0.25) is 0 Å². The fraction of sp³-hybridized carbons (Fsp3) is 0. The van der Waals surface area contributed by atoms with Gasteiger partial charge in [-0.15, -0.1) is 10.2 Å². The molecule has 0 amide bonds. The minimum Gasteiger partial charge on any atom is -0.191 e. The summed E-state index contributed by atoms with van der Waals surface area (Å²) in [6.07, 6.45) is 0. The molecule has 0 atom stereocenters. The average Bonchev–Trinajstić information content (AvgIpc) is 2.73. The van der Waals surface area contributed by atoms with Gasteiger partial charge in [0.25, 0.3) is 0 Å². The predicted molar refractivity (Wildman–Crippen MR) is 66.2 cm³/mol. The zero-order valence-electron chi connectivity index (χ0n) is 8.51. The molecule has 1 aromatic carbocycles. The van der Waals surface area contributed by atoms with Crippen LogP contribution in [0.4, 0.5) is 0 Å². The fourth-order valence-corrected chi connectivity index (χ4v) is 1.81. The van der Waals surface area contributed by atoms with Crippen LogP contribution >= 0.6 is 23.2 Å². The maximum absolute atomic E-state index is 5.85. The van der Waals surface area contributed by atoms with Gasteiger partial charge in [-0.1, -0.05) is 23.2 Å². The van der Waals surface area contributed by atoms with E-state index in [9.17, 15) is 0 Å². The van der Waals surface area contributed by atoms with Gasteiger partial charge in [0, 0.05) is 10.6 Å². The zero-order chi connectivity index (χ0) is 11.8. The van der Waals surface area contributed by atoms with Gasteiger partial charge in [-0.05, 0) is 36.4 Å². The second-order valence-electron chi connectivity index (χ2n) is 3.46. The number of halogens is 2. The molecule has 0 saturated carbocycles. The van der Waals surface area contributed by atoms with Crippen molar-refractivity contribution in [3.63, 3.8) is 0 Å². The van der Waals surface area contributed by atoms with E-state index in [1.54, 1.807) is 28.8 Å². The minimum atomic E-state index is 0.396. The summed E-state index contributed by atoms with van der Waals surface area (Å²) in [7, 11) is 0. The van der Waals surface area contributed by atoms with E-state index >= 15 is 0 Å². The van der Waals surface area contributed by atoms with Crippen LogP contribution in [0.2, 0.25) is 10.2 Å². The number of hydrogen-bond acceptors (Lipinski definition) is 3. The minimum absolute atomic E-state index is 0.396. The Bertz CT molecular complexity index is 676. The molecule has 3 rings (SSSR count). The summed E-state index contributed by atoms with van der Waals surface area (Å²) in [5.74, 6) is 0.638.